The molecule has 0 fully saturated rings. The monoisotopic (exact) mass is 329 g/mol. The summed E-state index contributed by atoms with van der Waals surface area (Å²) in [7, 11) is 0. The molecule has 0 aliphatic heterocycles. The second-order valence-corrected chi connectivity index (χ2v) is 6.44. The fourth-order valence-corrected chi connectivity index (χ4v) is 2.91. The normalized spacial score (nSPS) is 10.3. The van der Waals surface area contributed by atoms with Crippen LogP contribution in [0.2, 0.25) is 0 Å². The maximum Gasteiger partial charge on any atom is 0.234 e. The van der Waals surface area contributed by atoms with E-state index in [1.807, 2.05) is 61.5 Å². The van der Waals surface area contributed by atoms with Gasteiger partial charge < -0.3 is 10.1 Å². The highest BCUT2D eigenvalue weighted by atomic mass is 32.2. The lowest BCUT2D eigenvalue weighted by atomic mass is 10.2. The smallest absolute Gasteiger partial charge is 0.234 e. The second-order valence-electron chi connectivity index (χ2n) is 5.34. The predicted molar refractivity (Wildman–Crippen MR) is 98.3 cm³/mol. The van der Waals surface area contributed by atoms with Gasteiger partial charge in [-0.15, -0.1) is 0 Å². The number of thioether (sulfide) groups is 1. The fraction of sp³-hybridized carbons (Fsp3) is 0.316. The fourth-order valence-electron chi connectivity index (χ4n) is 2.10. The van der Waals surface area contributed by atoms with Gasteiger partial charge in [0.25, 0.3) is 0 Å². The molecule has 0 atom stereocenters. The minimum Gasteiger partial charge on any atom is -0.494 e. The summed E-state index contributed by atoms with van der Waals surface area (Å²) in [4.78, 5) is 11.8. The van der Waals surface area contributed by atoms with E-state index >= 15 is 0 Å². The van der Waals surface area contributed by atoms with Gasteiger partial charge in [0, 0.05) is 5.69 Å². The lowest BCUT2D eigenvalue weighted by Gasteiger charge is -2.07. The van der Waals surface area contributed by atoms with Gasteiger partial charge in [-0.3, -0.25) is 4.79 Å². The molecule has 4 heteroatoms. The SMILES string of the molecule is Cc1cccc(NC(=O)CSCCCCOc2ccccc2)c1. The van der Waals surface area contributed by atoms with Crippen LogP contribution in [-0.4, -0.2) is 24.0 Å². The number of carbonyl (C=O) groups excluding carboxylic acids is 1. The van der Waals surface area contributed by atoms with Crippen LogP contribution in [0.4, 0.5) is 5.69 Å². The van der Waals surface area contributed by atoms with Crippen LogP contribution in [-0.2, 0) is 4.79 Å². The van der Waals surface area contributed by atoms with Gasteiger partial charge in [-0.05, 0) is 55.3 Å². The number of unbranched alkanes of at least 4 members (excludes halogenated alkanes) is 1. The Morgan fingerprint density at radius 3 is 2.70 bits per heavy atom. The Morgan fingerprint density at radius 2 is 1.91 bits per heavy atom. The first kappa shape index (κ1) is 17.4. The first-order valence-corrected chi connectivity index (χ1v) is 9.01. The molecule has 0 saturated heterocycles. The van der Waals surface area contributed by atoms with E-state index in [1.165, 1.54) is 0 Å². The van der Waals surface area contributed by atoms with Gasteiger partial charge in [0.2, 0.25) is 5.91 Å². The highest BCUT2D eigenvalue weighted by Crippen LogP contribution is 2.12. The molecule has 0 radical (unpaired) electrons. The molecule has 0 aliphatic rings. The van der Waals surface area contributed by atoms with Crippen LogP contribution in [0.3, 0.4) is 0 Å². The number of benzene rings is 2. The van der Waals surface area contributed by atoms with Gasteiger partial charge in [0.1, 0.15) is 5.75 Å². The molecule has 0 aromatic heterocycles. The number of ether oxygens (including phenoxy) is 1. The average Bonchev–Trinajstić information content (AvgIpc) is 2.55. The number of hydrogen-bond acceptors (Lipinski definition) is 3. The first-order valence-electron chi connectivity index (χ1n) is 7.86. The van der Waals surface area contributed by atoms with Crippen molar-refractivity contribution in [3.63, 3.8) is 0 Å². The van der Waals surface area contributed by atoms with Gasteiger partial charge >= 0.3 is 0 Å². The van der Waals surface area contributed by atoms with Crippen molar-refractivity contribution in [2.75, 3.05) is 23.4 Å². The summed E-state index contributed by atoms with van der Waals surface area (Å²) in [6.07, 6.45) is 2.05. The maximum absolute atomic E-state index is 11.8. The van der Waals surface area contributed by atoms with E-state index in [4.69, 9.17) is 4.74 Å². The standard InChI is InChI=1S/C19H23NO2S/c1-16-8-7-9-17(14-16)20-19(21)15-23-13-6-5-12-22-18-10-3-2-4-11-18/h2-4,7-11,14H,5-6,12-13,15H2,1H3,(H,20,21). The van der Waals surface area contributed by atoms with Gasteiger partial charge in [-0.1, -0.05) is 30.3 Å². The van der Waals surface area contributed by atoms with E-state index in [1.54, 1.807) is 11.8 Å². The molecule has 3 nitrogen and oxygen atoms in total. The molecular formula is C19H23NO2S. The quantitative estimate of drug-likeness (QED) is 0.687. The van der Waals surface area contributed by atoms with Crippen molar-refractivity contribution in [1.82, 2.24) is 0 Å². The number of nitrogens with one attached hydrogen (secondary N) is 1. The molecular weight excluding hydrogens is 306 g/mol. The van der Waals surface area contributed by atoms with Crippen molar-refractivity contribution in [3.05, 3.63) is 60.2 Å². The summed E-state index contributed by atoms with van der Waals surface area (Å²) in [6.45, 7) is 2.74. The molecule has 0 heterocycles. The lowest BCUT2D eigenvalue weighted by Crippen LogP contribution is -2.14. The molecule has 122 valence electrons. The third kappa shape index (κ3) is 7.24. The van der Waals surface area contributed by atoms with E-state index in [0.29, 0.717) is 5.75 Å². The summed E-state index contributed by atoms with van der Waals surface area (Å²) in [5.41, 5.74) is 2.01. The van der Waals surface area contributed by atoms with E-state index in [0.717, 1.165) is 42.2 Å². The number of carbonyl (C=O) groups is 1. The Bertz CT molecular complexity index is 601. The van der Waals surface area contributed by atoms with Crippen LogP contribution >= 0.6 is 11.8 Å². The first-order chi connectivity index (χ1) is 11.2. The van der Waals surface area contributed by atoms with Crippen LogP contribution < -0.4 is 10.1 Å². The molecule has 2 rings (SSSR count). The molecule has 0 aliphatic carbocycles. The summed E-state index contributed by atoms with van der Waals surface area (Å²) in [5.74, 6) is 2.44. The number of amides is 1. The van der Waals surface area contributed by atoms with Gasteiger partial charge in [0.05, 0.1) is 12.4 Å². The lowest BCUT2D eigenvalue weighted by molar-refractivity contribution is -0.113. The van der Waals surface area contributed by atoms with Gasteiger partial charge in [-0.25, -0.2) is 0 Å². The summed E-state index contributed by atoms with van der Waals surface area (Å²) in [5, 5.41) is 2.92. The summed E-state index contributed by atoms with van der Waals surface area (Å²) in [6, 6.07) is 17.7. The molecule has 2 aromatic carbocycles. The molecule has 2 aromatic rings. The van der Waals surface area contributed by atoms with Crippen LogP contribution in [0.1, 0.15) is 18.4 Å². The Balaban J connectivity index is 1.51. The maximum atomic E-state index is 11.8. The zero-order chi connectivity index (χ0) is 16.3. The number of aryl methyl sites for hydroxylation is 1. The zero-order valence-electron chi connectivity index (χ0n) is 13.5. The Kier molecular flexibility index (Phi) is 7.54. The van der Waals surface area contributed by atoms with Crippen LogP contribution in [0.15, 0.2) is 54.6 Å². The molecule has 0 saturated carbocycles. The van der Waals surface area contributed by atoms with Crippen molar-refractivity contribution in [2.45, 2.75) is 19.8 Å². The van der Waals surface area contributed by atoms with Gasteiger partial charge in [-0.2, -0.15) is 11.8 Å². The largest absolute Gasteiger partial charge is 0.494 e. The number of para-hydroxylation sites is 1. The van der Waals surface area contributed by atoms with Crippen molar-refractivity contribution < 1.29 is 9.53 Å². The minimum absolute atomic E-state index is 0.0566. The third-order valence-corrected chi connectivity index (χ3v) is 4.27. The molecule has 1 amide bonds. The Morgan fingerprint density at radius 1 is 1.09 bits per heavy atom. The second kappa shape index (κ2) is 9.95. The molecule has 0 unspecified atom stereocenters. The Labute approximate surface area is 142 Å². The highest BCUT2D eigenvalue weighted by molar-refractivity contribution is 7.99. The average molecular weight is 329 g/mol. The molecule has 23 heavy (non-hydrogen) atoms. The predicted octanol–water partition coefficient (Wildman–Crippen LogP) is 4.53. The van der Waals surface area contributed by atoms with Crippen molar-refractivity contribution in [2.24, 2.45) is 0 Å². The van der Waals surface area contributed by atoms with E-state index in [2.05, 4.69) is 5.32 Å². The van der Waals surface area contributed by atoms with Crippen molar-refractivity contribution in [1.29, 1.82) is 0 Å². The minimum atomic E-state index is 0.0566. The Hall–Kier alpha value is -1.94. The van der Waals surface area contributed by atoms with Crippen LogP contribution in [0, 0.1) is 6.92 Å². The van der Waals surface area contributed by atoms with Gasteiger partial charge in [0.15, 0.2) is 0 Å². The van der Waals surface area contributed by atoms with Crippen LogP contribution in [0.5, 0.6) is 5.75 Å². The highest BCUT2D eigenvalue weighted by Gasteiger charge is 2.02. The third-order valence-electron chi connectivity index (χ3n) is 3.23. The molecule has 0 spiro atoms. The molecule has 1 N–H and O–H groups in total. The van der Waals surface area contributed by atoms with E-state index in [9.17, 15) is 4.79 Å². The zero-order valence-corrected chi connectivity index (χ0v) is 14.3. The summed E-state index contributed by atoms with van der Waals surface area (Å²) >= 11 is 1.66. The number of anilines is 1. The number of rotatable bonds is 9. The van der Waals surface area contributed by atoms with Crippen molar-refractivity contribution in [3.8, 4) is 5.75 Å². The van der Waals surface area contributed by atoms with E-state index in [-0.39, 0.29) is 5.91 Å². The van der Waals surface area contributed by atoms with E-state index < -0.39 is 0 Å². The molecule has 0 bridgehead atoms. The van der Waals surface area contributed by atoms with Crippen molar-refractivity contribution >= 4 is 23.4 Å². The topological polar surface area (TPSA) is 38.3 Å². The summed E-state index contributed by atoms with van der Waals surface area (Å²) < 4.78 is 5.64. The number of hydrogen-bond donors (Lipinski definition) is 1. The van der Waals surface area contributed by atoms with Crippen LogP contribution in [0.25, 0.3) is 0 Å².